The summed E-state index contributed by atoms with van der Waals surface area (Å²) >= 11 is 0. The number of nitrogens with zero attached hydrogens (tertiary/aromatic N) is 1. The molecule has 5 heteroatoms. The summed E-state index contributed by atoms with van der Waals surface area (Å²) < 4.78 is 13.3. The Kier molecular flexibility index (Phi) is 4.12. The van der Waals surface area contributed by atoms with E-state index in [0.717, 1.165) is 11.1 Å². The third-order valence-corrected chi connectivity index (χ3v) is 3.38. The lowest BCUT2D eigenvalue weighted by molar-refractivity contribution is 0.0697. The summed E-state index contributed by atoms with van der Waals surface area (Å²) in [5.74, 6) is -1.35. The van der Waals surface area contributed by atoms with Crippen molar-refractivity contribution in [1.29, 1.82) is 0 Å². The monoisotopic (exact) mass is 288 g/mol. The summed E-state index contributed by atoms with van der Waals surface area (Å²) in [6.07, 6.45) is 0. The van der Waals surface area contributed by atoms with E-state index in [2.05, 4.69) is 0 Å². The quantitative estimate of drug-likeness (QED) is 0.849. The number of rotatable bonds is 4. The minimum Gasteiger partial charge on any atom is -0.478 e. The third kappa shape index (κ3) is 3.31. The Balaban J connectivity index is 2.34. The van der Waals surface area contributed by atoms with Gasteiger partial charge in [0.15, 0.2) is 0 Å². The van der Waals surface area contributed by atoms with Crippen LogP contribution in [-0.4, -0.2) is 18.1 Å². The number of aromatic carboxylic acids is 1. The standard InChI is InChI=1S/C16H17FN2O2/c1-10-3-4-12(17)7-11(10)9-19(2)15-6-5-13(18)8-14(15)16(20)21/h3-8H,9,18H2,1-2H3,(H,20,21). The lowest BCUT2D eigenvalue weighted by atomic mass is 10.1. The fraction of sp³-hybridized carbons (Fsp3) is 0.188. The molecular weight excluding hydrogens is 271 g/mol. The van der Waals surface area contributed by atoms with Gasteiger partial charge in [-0.2, -0.15) is 0 Å². The number of anilines is 2. The Morgan fingerprint density at radius 2 is 2.00 bits per heavy atom. The number of nitrogens with two attached hydrogens (primary N) is 1. The molecule has 0 fully saturated rings. The second-order valence-corrected chi connectivity index (χ2v) is 5.01. The van der Waals surface area contributed by atoms with Gasteiger partial charge in [-0.3, -0.25) is 0 Å². The van der Waals surface area contributed by atoms with Crippen LogP contribution >= 0.6 is 0 Å². The van der Waals surface area contributed by atoms with E-state index in [1.54, 1.807) is 30.1 Å². The Bertz CT molecular complexity index is 686. The van der Waals surface area contributed by atoms with Gasteiger partial charge < -0.3 is 15.7 Å². The fourth-order valence-corrected chi connectivity index (χ4v) is 2.21. The van der Waals surface area contributed by atoms with E-state index in [0.29, 0.717) is 17.9 Å². The van der Waals surface area contributed by atoms with Crippen molar-refractivity contribution in [2.75, 3.05) is 17.7 Å². The molecule has 0 aliphatic heterocycles. The summed E-state index contributed by atoms with van der Waals surface area (Å²) in [5, 5.41) is 9.26. The zero-order valence-corrected chi connectivity index (χ0v) is 11.9. The van der Waals surface area contributed by atoms with Crippen LogP contribution in [0.5, 0.6) is 0 Å². The van der Waals surface area contributed by atoms with Crippen molar-refractivity contribution in [3.8, 4) is 0 Å². The number of hydrogen-bond acceptors (Lipinski definition) is 3. The number of carbonyl (C=O) groups is 1. The van der Waals surface area contributed by atoms with E-state index >= 15 is 0 Å². The van der Waals surface area contributed by atoms with Crippen LogP contribution in [0.25, 0.3) is 0 Å². The lowest BCUT2D eigenvalue weighted by Gasteiger charge is -2.22. The van der Waals surface area contributed by atoms with Crippen molar-refractivity contribution in [2.24, 2.45) is 0 Å². The molecule has 0 aliphatic carbocycles. The molecule has 0 amide bonds. The molecule has 110 valence electrons. The molecule has 0 heterocycles. The van der Waals surface area contributed by atoms with Gasteiger partial charge in [-0.05, 0) is 48.4 Å². The molecule has 21 heavy (non-hydrogen) atoms. The Morgan fingerprint density at radius 1 is 1.29 bits per heavy atom. The molecule has 3 N–H and O–H groups in total. The third-order valence-electron chi connectivity index (χ3n) is 3.38. The van der Waals surface area contributed by atoms with Crippen molar-refractivity contribution in [1.82, 2.24) is 0 Å². The average Bonchev–Trinajstić information content (AvgIpc) is 2.42. The Morgan fingerprint density at radius 3 is 2.67 bits per heavy atom. The second kappa shape index (κ2) is 5.83. The zero-order valence-electron chi connectivity index (χ0n) is 11.9. The number of carboxylic acid groups (broad SMARTS) is 1. The van der Waals surface area contributed by atoms with E-state index < -0.39 is 5.97 Å². The molecule has 0 unspecified atom stereocenters. The maximum Gasteiger partial charge on any atom is 0.337 e. The maximum atomic E-state index is 13.3. The molecule has 4 nitrogen and oxygen atoms in total. The summed E-state index contributed by atoms with van der Waals surface area (Å²) in [5.41, 5.74) is 8.46. The summed E-state index contributed by atoms with van der Waals surface area (Å²) in [4.78, 5) is 13.1. The smallest absolute Gasteiger partial charge is 0.337 e. The zero-order chi connectivity index (χ0) is 15.6. The molecule has 2 rings (SSSR count). The van der Waals surface area contributed by atoms with Crippen LogP contribution in [0.1, 0.15) is 21.5 Å². The van der Waals surface area contributed by atoms with Crippen LogP contribution in [0.3, 0.4) is 0 Å². The topological polar surface area (TPSA) is 66.6 Å². The van der Waals surface area contributed by atoms with Crippen LogP contribution in [0.15, 0.2) is 36.4 Å². The first-order valence-corrected chi connectivity index (χ1v) is 6.47. The highest BCUT2D eigenvalue weighted by Crippen LogP contribution is 2.24. The van der Waals surface area contributed by atoms with Crippen LogP contribution in [0.4, 0.5) is 15.8 Å². The van der Waals surface area contributed by atoms with Gasteiger partial charge in [0.1, 0.15) is 5.82 Å². The molecule has 0 saturated carbocycles. The van der Waals surface area contributed by atoms with Crippen molar-refractivity contribution < 1.29 is 14.3 Å². The summed E-state index contributed by atoms with van der Waals surface area (Å²) in [7, 11) is 1.77. The predicted molar refractivity (Wildman–Crippen MR) is 81.1 cm³/mol. The molecule has 0 bridgehead atoms. The highest BCUT2D eigenvalue weighted by Gasteiger charge is 2.15. The lowest BCUT2D eigenvalue weighted by Crippen LogP contribution is -2.20. The largest absolute Gasteiger partial charge is 0.478 e. The van der Waals surface area contributed by atoms with Crippen LogP contribution < -0.4 is 10.6 Å². The predicted octanol–water partition coefficient (Wildman–Crippen LogP) is 3.05. The number of aryl methyl sites for hydroxylation is 1. The number of halogens is 1. The van der Waals surface area contributed by atoms with E-state index in [1.165, 1.54) is 18.2 Å². The molecular formula is C16H17FN2O2. The van der Waals surface area contributed by atoms with Crippen LogP contribution in [-0.2, 0) is 6.54 Å². The molecule has 0 radical (unpaired) electrons. The molecule has 2 aromatic carbocycles. The maximum absolute atomic E-state index is 13.3. The first-order chi connectivity index (χ1) is 9.88. The van der Waals surface area contributed by atoms with Crippen molar-refractivity contribution in [3.05, 3.63) is 58.9 Å². The minimum absolute atomic E-state index is 0.131. The van der Waals surface area contributed by atoms with E-state index in [1.807, 2.05) is 6.92 Å². The first-order valence-electron chi connectivity index (χ1n) is 6.47. The molecule has 2 aromatic rings. The Labute approximate surface area is 122 Å². The van der Waals surface area contributed by atoms with Gasteiger partial charge in [0, 0.05) is 19.3 Å². The average molecular weight is 288 g/mol. The van der Waals surface area contributed by atoms with E-state index in [-0.39, 0.29) is 11.4 Å². The summed E-state index contributed by atoms with van der Waals surface area (Å²) in [6, 6.07) is 9.31. The van der Waals surface area contributed by atoms with Gasteiger partial charge in [0.05, 0.1) is 11.3 Å². The van der Waals surface area contributed by atoms with Gasteiger partial charge >= 0.3 is 5.97 Å². The normalized spacial score (nSPS) is 10.4. The van der Waals surface area contributed by atoms with Crippen molar-refractivity contribution >= 4 is 17.3 Å². The van der Waals surface area contributed by atoms with E-state index in [9.17, 15) is 14.3 Å². The number of carboxylic acids is 1. The molecule has 0 atom stereocenters. The molecule has 0 saturated heterocycles. The minimum atomic E-state index is -1.04. The molecule has 0 spiro atoms. The number of benzene rings is 2. The van der Waals surface area contributed by atoms with Crippen LogP contribution in [0, 0.1) is 12.7 Å². The highest BCUT2D eigenvalue weighted by atomic mass is 19.1. The van der Waals surface area contributed by atoms with Crippen molar-refractivity contribution in [2.45, 2.75) is 13.5 Å². The molecule has 0 aliphatic rings. The van der Waals surface area contributed by atoms with Crippen LogP contribution in [0.2, 0.25) is 0 Å². The number of hydrogen-bond donors (Lipinski definition) is 2. The first kappa shape index (κ1) is 14.8. The van der Waals surface area contributed by atoms with Gasteiger partial charge in [0.25, 0.3) is 0 Å². The Hall–Kier alpha value is -2.56. The SMILES string of the molecule is Cc1ccc(F)cc1CN(C)c1ccc(N)cc1C(=O)O. The second-order valence-electron chi connectivity index (χ2n) is 5.01. The van der Waals surface area contributed by atoms with Gasteiger partial charge in [-0.25, -0.2) is 9.18 Å². The van der Waals surface area contributed by atoms with Gasteiger partial charge in [0.2, 0.25) is 0 Å². The number of nitrogen functional groups attached to an aromatic ring is 1. The summed E-state index contributed by atoms with van der Waals surface area (Å²) in [6.45, 7) is 2.30. The van der Waals surface area contributed by atoms with Gasteiger partial charge in [-0.15, -0.1) is 0 Å². The fourth-order valence-electron chi connectivity index (χ4n) is 2.21. The van der Waals surface area contributed by atoms with Gasteiger partial charge in [-0.1, -0.05) is 6.07 Å². The van der Waals surface area contributed by atoms with Crippen molar-refractivity contribution in [3.63, 3.8) is 0 Å². The molecule has 0 aromatic heterocycles. The van der Waals surface area contributed by atoms with E-state index in [4.69, 9.17) is 5.73 Å². The highest BCUT2D eigenvalue weighted by molar-refractivity contribution is 5.95.